The van der Waals surface area contributed by atoms with Crippen molar-refractivity contribution in [2.45, 2.75) is 39.5 Å². The van der Waals surface area contributed by atoms with Gasteiger partial charge in [0.25, 0.3) is 0 Å². The first kappa shape index (κ1) is 16.1. The first-order chi connectivity index (χ1) is 8.99. The Morgan fingerprint density at radius 2 is 1.68 bits per heavy atom. The molecule has 0 saturated carbocycles. The van der Waals surface area contributed by atoms with Crippen LogP contribution in [0.3, 0.4) is 0 Å². The number of hydrogen-bond donors (Lipinski definition) is 2. The van der Waals surface area contributed by atoms with E-state index in [4.69, 9.17) is 23.2 Å². The van der Waals surface area contributed by atoms with Crippen LogP contribution in [0.1, 0.15) is 39.5 Å². The number of carbonyl (C=O) groups is 1. The number of nitrogens with one attached hydrogen (secondary N) is 1. The minimum absolute atomic E-state index is 0.00125. The highest BCUT2D eigenvalue weighted by Crippen LogP contribution is 2.34. The van der Waals surface area contributed by atoms with Crippen LogP contribution in [0.15, 0.2) is 12.1 Å². The van der Waals surface area contributed by atoms with Gasteiger partial charge in [0.1, 0.15) is 0 Å². The molecule has 0 heterocycles. The van der Waals surface area contributed by atoms with Gasteiger partial charge in [-0.15, -0.1) is 0 Å². The summed E-state index contributed by atoms with van der Waals surface area (Å²) in [5.41, 5.74) is 0.509. The Hall–Kier alpha value is -0.930. The molecule has 0 radical (unpaired) electrons. The lowest BCUT2D eigenvalue weighted by molar-refractivity contribution is -0.120. The van der Waals surface area contributed by atoms with Crippen molar-refractivity contribution in [2.24, 2.45) is 5.92 Å². The molecular formula is C14H19Cl2NO2. The zero-order valence-electron chi connectivity index (χ0n) is 11.2. The van der Waals surface area contributed by atoms with Crippen molar-refractivity contribution in [1.82, 2.24) is 0 Å². The van der Waals surface area contributed by atoms with Gasteiger partial charge in [-0.2, -0.15) is 0 Å². The molecule has 0 bridgehead atoms. The lowest BCUT2D eigenvalue weighted by atomic mass is 9.97. The van der Waals surface area contributed by atoms with Crippen LogP contribution >= 0.6 is 23.2 Å². The molecule has 0 unspecified atom stereocenters. The molecule has 0 atom stereocenters. The Morgan fingerprint density at radius 3 is 2.11 bits per heavy atom. The van der Waals surface area contributed by atoms with E-state index in [0.717, 1.165) is 25.7 Å². The van der Waals surface area contributed by atoms with Crippen LogP contribution in [0.4, 0.5) is 5.69 Å². The van der Waals surface area contributed by atoms with E-state index >= 15 is 0 Å². The number of anilines is 1. The number of halogens is 2. The number of phenols is 1. The molecular weight excluding hydrogens is 285 g/mol. The molecule has 3 nitrogen and oxygen atoms in total. The highest BCUT2D eigenvalue weighted by molar-refractivity contribution is 6.37. The lowest BCUT2D eigenvalue weighted by Gasteiger charge is -2.15. The first-order valence-electron chi connectivity index (χ1n) is 6.48. The quantitative estimate of drug-likeness (QED) is 0.738. The van der Waals surface area contributed by atoms with E-state index in [2.05, 4.69) is 19.2 Å². The van der Waals surface area contributed by atoms with Crippen molar-refractivity contribution in [3.8, 4) is 5.75 Å². The second-order valence-electron chi connectivity index (χ2n) is 4.55. The van der Waals surface area contributed by atoms with Crippen LogP contribution in [0.2, 0.25) is 10.0 Å². The van der Waals surface area contributed by atoms with E-state index < -0.39 is 0 Å². The van der Waals surface area contributed by atoms with Gasteiger partial charge in [0.2, 0.25) is 5.91 Å². The Morgan fingerprint density at radius 1 is 1.21 bits per heavy atom. The van der Waals surface area contributed by atoms with Gasteiger partial charge in [-0.25, -0.2) is 0 Å². The maximum atomic E-state index is 12.1. The highest BCUT2D eigenvalue weighted by atomic mass is 35.5. The number of aromatic hydroxyl groups is 1. The summed E-state index contributed by atoms with van der Waals surface area (Å²) in [5, 5.41) is 12.5. The Kier molecular flexibility index (Phi) is 6.46. The van der Waals surface area contributed by atoms with E-state index in [1.807, 2.05) is 0 Å². The van der Waals surface area contributed by atoms with Crippen molar-refractivity contribution in [3.63, 3.8) is 0 Å². The van der Waals surface area contributed by atoms with E-state index in [9.17, 15) is 9.90 Å². The first-order valence-corrected chi connectivity index (χ1v) is 7.24. The summed E-state index contributed by atoms with van der Waals surface area (Å²) in [4.78, 5) is 12.1. The van der Waals surface area contributed by atoms with Gasteiger partial charge >= 0.3 is 0 Å². The highest BCUT2D eigenvalue weighted by Gasteiger charge is 2.17. The molecule has 2 N–H and O–H groups in total. The summed E-state index contributed by atoms with van der Waals surface area (Å²) >= 11 is 11.6. The van der Waals surface area contributed by atoms with Gasteiger partial charge < -0.3 is 10.4 Å². The van der Waals surface area contributed by atoms with Gasteiger partial charge in [0.05, 0.1) is 10.0 Å². The fourth-order valence-electron chi connectivity index (χ4n) is 1.99. The van der Waals surface area contributed by atoms with Crippen molar-refractivity contribution >= 4 is 34.8 Å². The summed E-state index contributed by atoms with van der Waals surface area (Å²) in [6.45, 7) is 4.12. The molecule has 0 saturated heterocycles. The summed E-state index contributed by atoms with van der Waals surface area (Å²) < 4.78 is 0. The molecule has 1 aromatic carbocycles. The minimum atomic E-state index is -0.167. The molecule has 1 amide bonds. The predicted octanol–water partition coefficient (Wildman–Crippen LogP) is 4.85. The standard InChI is InChI=1S/C14H19Cl2NO2/c1-3-5-9(6-4-2)14(19)17-10-7-11(15)13(18)12(16)8-10/h7-9,18H,3-6H2,1-2H3,(H,17,19). The number of amides is 1. The van der Waals surface area contributed by atoms with E-state index in [-0.39, 0.29) is 27.6 Å². The third-order valence-electron chi connectivity index (χ3n) is 2.93. The predicted molar refractivity (Wildman–Crippen MR) is 80.1 cm³/mol. The van der Waals surface area contributed by atoms with Crippen molar-refractivity contribution in [2.75, 3.05) is 5.32 Å². The SMILES string of the molecule is CCCC(CCC)C(=O)Nc1cc(Cl)c(O)c(Cl)c1. The molecule has 106 valence electrons. The molecule has 0 aliphatic rings. The van der Waals surface area contributed by atoms with Gasteiger partial charge in [-0.05, 0) is 25.0 Å². The number of benzene rings is 1. The number of rotatable bonds is 6. The maximum absolute atomic E-state index is 12.1. The topological polar surface area (TPSA) is 49.3 Å². The molecule has 0 aromatic heterocycles. The van der Waals surface area contributed by atoms with Crippen LogP contribution in [0, 0.1) is 5.92 Å². The van der Waals surface area contributed by atoms with E-state index in [1.165, 1.54) is 12.1 Å². The number of carbonyl (C=O) groups excluding carboxylic acids is 1. The van der Waals surface area contributed by atoms with Crippen molar-refractivity contribution < 1.29 is 9.90 Å². The van der Waals surface area contributed by atoms with E-state index in [1.54, 1.807) is 0 Å². The third kappa shape index (κ3) is 4.59. The summed E-state index contributed by atoms with van der Waals surface area (Å²) in [5.74, 6) is -0.192. The number of phenolic OH excluding ortho intramolecular Hbond substituents is 1. The minimum Gasteiger partial charge on any atom is -0.505 e. The van der Waals surface area contributed by atoms with Crippen LogP contribution in [-0.4, -0.2) is 11.0 Å². The molecule has 0 aliphatic heterocycles. The lowest BCUT2D eigenvalue weighted by Crippen LogP contribution is -2.22. The Labute approximate surface area is 123 Å². The molecule has 0 fully saturated rings. The van der Waals surface area contributed by atoms with E-state index in [0.29, 0.717) is 5.69 Å². The summed E-state index contributed by atoms with van der Waals surface area (Å²) in [6.07, 6.45) is 3.66. The third-order valence-corrected chi connectivity index (χ3v) is 3.51. The van der Waals surface area contributed by atoms with Gasteiger partial charge in [0.15, 0.2) is 5.75 Å². The average Bonchev–Trinajstić information content (AvgIpc) is 2.35. The molecule has 19 heavy (non-hydrogen) atoms. The van der Waals surface area contributed by atoms with Crippen molar-refractivity contribution in [3.05, 3.63) is 22.2 Å². The zero-order valence-corrected chi connectivity index (χ0v) is 12.7. The Balaban J connectivity index is 2.80. The smallest absolute Gasteiger partial charge is 0.227 e. The summed E-state index contributed by atoms with van der Waals surface area (Å²) in [6, 6.07) is 2.99. The van der Waals surface area contributed by atoms with Gasteiger partial charge in [-0.1, -0.05) is 49.9 Å². The fraction of sp³-hybridized carbons (Fsp3) is 0.500. The molecule has 1 aromatic rings. The zero-order chi connectivity index (χ0) is 14.4. The Bertz CT molecular complexity index is 420. The average molecular weight is 304 g/mol. The summed E-state index contributed by atoms with van der Waals surface area (Å²) in [7, 11) is 0. The van der Waals surface area contributed by atoms with Crippen LogP contribution in [-0.2, 0) is 4.79 Å². The van der Waals surface area contributed by atoms with Gasteiger partial charge in [0, 0.05) is 11.6 Å². The van der Waals surface area contributed by atoms with Crippen molar-refractivity contribution in [1.29, 1.82) is 0 Å². The molecule has 0 aliphatic carbocycles. The second kappa shape index (κ2) is 7.61. The van der Waals surface area contributed by atoms with Crippen LogP contribution in [0.25, 0.3) is 0 Å². The monoisotopic (exact) mass is 303 g/mol. The normalized spacial score (nSPS) is 10.8. The van der Waals surface area contributed by atoms with Crippen LogP contribution in [0.5, 0.6) is 5.75 Å². The largest absolute Gasteiger partial charge is 0.505 e. The number of hydrogen-bond acceptors (Lipinski definition) is 2. The molecule has 5 heteroatoms. The fourth-order valence-corrected chi connectivity index (χ4v) is 2.47. The maximum Gasteiger partial charge on any atom is 0.227 e. The second-order valence-corrected chi connectivity index (χ2v) is 5.37. The molecule has 0 spiro atoms. The van der Waals surface area contributed by atoms with Crippen LogP contribution < -0.4 is 5.32 Å². The van der Waals surface area contributed by atoms with Gasteiger partial charge in [-0.3, -0.25) is 4.79 Å². The molecule has 1 rings (SSSR count).